The highest BCUT2D eigenvalue weighted by Crippen LogP contribution is 2.17. The molecule has 1 aromatic carbocycles. The van der Waals surface area contributed by atoms with Crippen LogP contribution in [0.5, 0.6) is 0 Å². The van der Waals surface area contributed by atoms with E-state index in [1.165, 1.54) is 0 Å². The van der Waals surface area contributed by atoms with E-state index >= 15 is 0 Å². The predicted molar refractivity (Wildman–Crippen MR) is 80.4 cm³/mol. The van der Waals surface area contributed by atoms with Gasteiger partial charge < -0.3 is 15.4 Å². The average molecular weight is 276 g/mol. The van der Waals surface area contributed by atoms with Crippen molar-refractivity contribution in [2.75, 3.05) is 25.4 Å². The highest BCUT2D eigenvalue weighted by atomic mass is 16.5. The minimum absolute atomic E-state index is 0.146. The van der Waals surface area contributed by atoms with Crippen molar-refractivity contribution >= 4 is 11.6 Å². The number of nitrogen functional groups attached to an aromatic ring is 1. The lowest BCUT2D eigenvalue weighted by Gasteiger charge is -2.32. The number of carbonyl (C=O) groups is 1. The zero-order valence-electron chi connectivity index (χ0n) is 12.2. The second-order valence-electron chi connectivity index (χ2n) is 5.35. The molecule has 4 nitrogen and oxygen atoms in total. The molecule has 110 valence electrons. The fourth-order valence-corrected chi connectivity index (χ4v) is 2.56. The molecule has 1 unspecified atom stereocenters. The molecule has 0 spiro atoms. The summed E-state index contributed by atoms with van der Waals surface area (Å²) in [6.07, 6.45) is 3.67. The number of para-hydroxylation sites is 1. The summed E-state index contributed by atoms with van der Waals surface area (Å²) >= 11 is 0. The second-order valence-corrected chi connectivity index (χ2v) is 5.35. The molecule has 0 aliphatic carbocycles. The predicted octanol–water partition coefficient (Wildman–Crippen LogP) is 2.23. The Bertz CT molecular complexity index is 448. The Morgan fingerprint density at radius 2 is 2.25 bits per heavy atom. The van der Waals surface area contributed by atoms with E-state index in [0.29, 0.717) is 18.7 Å². The molecule has 0 bridgehead atoms. The average Bonchev–Trinajstić information content (AvgIpc) is 2.48. The first-order valence-corrected chi connectivity index (χ1v) is 7.43. The van der Waals surface area contributed by atoms with Crippen LogP contribution in [0, 0.1) is 0 Å². The maximum atomic E-state index is 12.4. The molecule has 2 N–H and O–H groups in total. The molecule has 0 aromatic heterocycles. The van der Waals surface area contributed by atoms with E-state index in [2.05, 4.69) is 6.92 Å². The van der Waals surface area contributed by atoms with Crippen molar-refractivity contribution in [3.63, 3.8) is 0 Å². The monoisotopic (exact) mass is 276 g/mol. The third-order valence-electron chi connectivity index (χ3n) is 3.69. The minimum Gasteiger partial charge on any atom is -0.398 e. The molecule has 1 fully saturated rings. The van der Waals surface area contributed by atoms with E-state index in [1.807, 2.05) is 29.2 Å². The molecule has 1 amide bonds. The van der Waals surface area contributed by atoms with Crippen molar-refractivity contribution in [3.8, 4) is 0 Å². The summed E-state index contributed by atoms with van der Waals surface area (Å²) < 4.78 is 5.77. The van der Waals surface area contributed by atoms with Gasteiger partial charge in [-0.2, -0.15) is 0 Å². The second kappa shape index (κ2) is 7.29. The topological polar surface area (TPSA) is 55.6 Å². The smallest absolute Gasteiger partial charge is 0.227 e. The summed E-state index contributed by atoms with van der Waals surface area (Å²) in [6, 6.07) is 7.56. The molecule has 2 rings (SSSR count). The maximum Gasteiger partial charge on any atom is 0.227 e. The molecule has 1 atom stereocenters. The van der Waals surface area contributed by atoms with Crippen LogP contribution in [0.1, 0.15) is 31.7 Å². The molecule has 0 saturated carbocycles. The molecule has 1 saturated heterocycles. The number of hydrogen-bond donors (Lipinski definition) is 1. The van der Waals surface area contributed by atoms with E-state index in [4.69, 9.17) is 10.5 Å². The Balaban J connectivity index is 1.90. The third kappa shape index (κ3) is 3.97. The summed E-state index contributed by atoms with van der Waals surface area (Å²) in [5.74, 6) is 0.146. The van der Waals surface area contributed by atoms with Crippen LogP contribution in [-0.4, -0.2) is 36.6 Å². The van der Waals surface area contributed by atoms with Crippen LogP contribution in [0.25, 0.3) is 0 Å². The van der Waals surface area contributed by atoms with Crippen LogP contribution in [0.2, 0.25) is 0 Å². The van der Waals surface area contributed by atoms with Crippen LogP contribution < -0.4 is 5.73 Å². The van der Waals surface area contributed by atoms with Gasteiger partial charge in [-0.1, -0.05) is 25.1 Å². The molecule has 1 heterocycles. The Labute approximate surface area is 120 Å². The van der Waals surface area contributed by atoms with Crippen LogP contribution in [0.15, 0.2) is 24.3 Å². The molecule has 1 aliphatic heterocycles. The van der Waals surface area contributed by atoms with Crippen LogP contribution >= 0.6 is 0 Å². The lowest BCUT2D eigenvalue weighted by atomic mass is 10.1. The molecule has 20 heavy (non-hydrogen) atoms. The van der Waals surface area contributed by atoms with Crippen LogP contribution in [-0.2, 0) is 16.0 Å². The summed E-state index contributed by atoms with van der Waals surface area (Å²) in [7, 11) is 0. The number of amides is 1. The van der Waals surface area contributed by atoms with Gasteiger partial charge in [0, 0.05) is 25.4 Å². The largest absolute Gasteiger partial charge is 0.398 e. The van der Waals surface area contributed by atoms with E-state index in [-0.39, 0.29) is 12.0 Å². The normalized spacial score (nSPS) is 19.1. The molecular weight excluding hydrogens is 252 g/mol. The highest BCUT2D eigenvalue weighted by molar-refractivity contribution is 5.80. The van der Waals surface area contributed by atoms with Crippen LogP contribution in [0.3, 0.4) is 0 Å². The van der Waals surface area contributed by atoms with Gasteiger partial charge in [0.15, 0.2) is 0 Å². The quantitative estimate of drug-likeness (QED) is 0.839. The number of hydrogen-bond acceptors (Lipinski definition) is 3. The summed E-state index contributed by atoms with van der Waals surface area (Å²) in [6.45, 7) is 4.42. The van der Waals surface area contributed by atoms with E-state index in [9.17, 15) is 4.79 Å². The highest BCUT2D eigenvalue weighted by Gasteiger charge is 2.24. The zero-order chi connectivity index (χ0) is 14.4. The first-order chi connectivity index (χ1) is 9.70. The van der Waals surface area contributed by atoms with Crippen molar-refractivity contribution in [2.24, 2.45) is 0 Å². The number of ether oxygens (including phenoxy) is 1. The van der Waals surface area contributed by atoms with Gasteiger partial charge in [0.25, 0.3) is 0 Å². The van der Waals surface area contributed by atoms with Crippen molar-refractivity contribution in [1.82, 2.24) is 4.90 Å². The fraction of sp³-hybridized carbons (Fsp3) is 0.562. The van der Waals surface area contributed by atoms with Crippen molar-refractivity contribution in [1.29, 1.82) is 0 Å². The Morgan fingerprint density at radius 1 is 1.45 bits per heavy atom. The number of nitrogens with two attached hydrogens (primary N) is 1. The lowest BCUT2D eigenvalue weighted by Crippen LogP contribution is -2.44. The number of carbonyl (C=O) groups excluding carboxylic acids is 1. The molecular formula is C16H24N2O2. The van der Waals surface area contributed by atoms with Crippen LogP contribution in [0.4, 0.5) is 5.69 Å². The van der Waals surface area contributed by atoms with Gasteiger partial charge in [-0.3, -0.25) is 4.79 Å². The number of likely N-dealkylation sites (tertiary alicyclic amines) is 1. The van der Waals surface area contributed by atoms with E-state index in [1.54, 1.807) is 0 Å². The van der Waals surface area contributed by atoms with Gasteiger partial charge in [-0.15, -0.1) is 0 Å². The summed E-state index contributed by atoms with van der Waals surface area (Å²) in [5.41, 5.74) is 7.50. The first-order valence-electron chi connectivity index (χ1n) is 7.43. The summed E-state index contributed by atoms with van der Waals surface area (Å²) in [4.78, 5) is 14.3. The lowest BCUT2D eigenvalue weighted by molar-refractivity contribution is -0.134. The molecule has 4 heteroatoms. The molecule has 1 aliphatic rings. The first kappa shape index (κ1) is 14.9. The van der Waals surface area contributed by atoms with Crippen molar-refractivity contribution < 1.29 is 9.53 Å². The number of anilines is 1. The van der Waals surface area contributed by atoms with Gasteiger partial charge >= 0.3 is 0 Å². The van der Waals surface area contributed by atoms with Crippen molar-refractivity contribution in [3.05, 3.63) is 29.8 Å². The van der Waals surface area contributed by atoms with Gasteiger partial charge in [-0.25, -0.2) is 0 Å². The standard InChI is InChI=1S/C16H24N2O2/c1-2-10-20-14-7-5-9-18(12-14)16(19)11-13-6-3-4-8-15(13)17/h3-4,6,8,14H,2,5,7,9-12,17H2,1H3. The number of piperidine rings is 1. The number of rotatable bonds is 5. The molecule has 1 aromatic rings. The zero-order valence-corrected chi connectivity index (χ0v) is 12.2. The van der Waals surface area contributed by atoms with E-state index < -0.39 is 0 Å². The SMILES string of the molecule is CCCOC1CCCN(C(=O)Cc2ccccc2N)C1. The Kier molecular flexibility index (Phi) is 5.41. The van der Waals surface area contributed by atoms with Gasteiger partial charge in [0.1, 0.15) is 0 Å². The summed E-state index contributed by atoms with van der Waals surface area (Å²) in [5, 5.41) is 0. The van der Waals surface area contributed by atoms with Gasteiger partial charge in [0.2, 0.25) is 5.91 Å². The minimum atomic E-state index is 0.146. The number of nitrogens with zero attached hydrogens (tertiary/aromatic N) is 1. The van der Waals surface area contributed by atoms with Gasteiger partial charge in [0.05, 0.1) is 12.5 Å². The van der Waals surface area contributed by atoms with Gasteiger partial charge in [-0.05, 0) is 30.9 Å². The Hall–Kier alpha value is -1.55. The third-order valence-corrected chi connectivity index (χ3v) is 3.69. The molecule has 0 radical (unpaired) electrons. The fourth-order valence-electron chi connectivity index (χ4n) is 2.56. The van der Waals surface area contributed by atoms with E-state index in [0.717, 1.165) is 38.0 Å². The van der Waals surface area contributed by atoms with Crippen molar-refractivity contribution in [2.45, 2.75) is 38.7 Å². The Morgan fingerprint density at radius 3 is 3.00 bits per heavy atom. The number of benzene rings is 1. The maximum absolute atomic E-state index is 12.4.